The Kier molecular flexibility index (Phi) is 4.92. The van der Waals surface area contributed by atoms with Crippen LogP contribution in [-0.4, -0.2) is 10.9 Å². The van der Waals surface area contributed by atoms with Crippen LogP contribution in [0.3, 0.4) is 0 Å². The summed E-state index contributed by atoms with van der Waals surface area (Å²) < 4.78 is 0.965. The smallest absolute Gasteiger partial charge is 0.260 e. The zero-order valence-corrected chi connectivity index (χ0v) is 16.3. The van der Waals surface area contributed by atoms with Gasteiger partial charge >= 0.3 is 0 Å². The average molecular weight is 393 g/mol. The quantitative estimate of drug-likeness (QED) is 0.420. The molecular weight excluding hydrogens is 376 g/mol. The number of nitrogens with zero attached hydrogens (tertiary/aromatic N) is 2. The van der Waals surface area contributed by atoms with E-state index in [0.29, 0.717) is 22.3 Å². The fraction of sp³-hybridized carbons (Fsp3) is 0.0909. The van der Waals surface area contributed by atoms with Gasteiger partial charge < -0.3 is 0 Å². The minimum absolute atomic E-state index is 0.0750. The molecule has 134 valence electrons. The van der Waals surface area contributed by atoms with Crippen molar-refractivity contribution in [2.45, 2.75) is 13.5 Å². The number of carbonyl (C=O) groups is 1. The second-order valence-electron chi connectivity index (χ2n) is 6.33. The highest BCUT2D eigenvalue weighted by molar-refractivity contribution is 7.22. The SMILES string of the molecule is Cc1ccc(C(=O)N(Cc2ccccc2)c2nc3c(Cl)cccc3s2)cc1. The molecule has 5 heteroatoms. The number of halogens is 1. The average Bonchev–Trinajstić information content (AvgIpc) is 3.12. The molecule has 1 aromatic heterocycles. The van der Waals surface area contributed by atoms with Gasteiger partial charge in [-0.05, 0) is 36.8 Å². The number of hydrogen-bond donors (Lipinski definition) is 0. The highest BCUT2D eigenvalue weighted by Crippen LogP contribution is 2.34. The van der Waals surface area contributed by atoms with E-state index in [2.05, 4.69) is 4.98 Å². The van der Waals surface area contributed by atoms with Crippen molar-refractivity contribution >= 4 is 44.2 Å². The van der Waals surface area contributed by atoms with Gasteiger partial charge in [-0.2, -0.15) is 0 Å². The van der Waals surface area contributed by atoms with E-state index < -0.39 is 0 Å². The number of hydrogen-bond acceptors (Lipinski definition) is 3. The molecule has 0 saturated carbocycles. The van der Waals surface area contributed by atoms with Crippen molar-refractivity contribution < 1.29 is 4.79 Å². The molecule has 0 spiro atoms. The maximum Gasteiger partial charge on any atom is 0.260 e. The topological polar surface area (TPSA) is 33.2 Å². The number of carbonyl (C=O) groups excluding carboxylic acids is 1. The van der Waals surface area contributed by atoms with Gasteiger partial charge in [-0.15, -0.1) is 0 Å². The second kappa shape index (κ2) is 7.51. The molecule has 0 fully saturated rings. The first-order valence-electron chi connectivity index (χ1n) is 8.59. The lowest BCUT2D eigenvalue weighted by molar-refractivity contribution is 0.0985. The van der Waals surface area contributed by atoms with E-state index in [4.69, 9.17) is 11.6 Å². The molecular formula is C22H17ClN2OS. The predicted molar refractivity (Wildman–Crippen MR) is 113 cm³/mol. The number of amides is 1. The molecule has 3 aromatic carbocycles. The molecule has 0 aliphatic heterocycles. The van der Waals surface area contributed by atoms with E-state index in [1.807, 2.05) is 79.7 Å². The lowest BCUT2D eigenvalue weighted by Crippen LogP contribution is -2.30. The molecule has 3 nitrogen and oxygen atoms in total. The van der Waals surface area contributed by atoms with Crippen LogP contribution in [0.25, 0.3) is 10.2 Å². The number of rotatable bonds is 4. The summed E-state index contributed by atoms with van der Waals surface area (Å²) in [6, 6.07) is 23.2. The van der Waals surface area contributed by atoms with Crippen molar-refractivity contribution in [1.82, 2.24) is 4.98 Å². The molecule has 0 aliphatic carbocycles. The van der Waals surface area contributed by atoms with E-state index in [9.17, 15) is 4.79 Å². The van der Waals surface area contributed by atoms with Crippen molar-refractivity contribution in [1.29, 1.82) is 0 Å². The van der Waals surface area contributed by atoms with Gasteiger partial charge in [0.25, 0.3) is 5.91 Å². The predicted octanol–water partition coefficient (Wildman–Crippen LogP) is 6.11. The van der Waals surface area contributed by atoms with Gasteiger partial charge in [-0.3, -0.25) is 9.69 Å². The van der Waals surface area contributed by atoms with E-state index in [1.165, 1.54) is 11.3 Å². The normalized spacial score (nSPS) is 10.9. The fourth-order valence-electron chi connectivity index (χ4n) is 2.86. The zero-order chi connectivity index (χ0) is 18.8. The van der Waals surface area contributed by atoms with Crippen molar-refractivity contribution in [3.05, 3.63) is 94.5 Å². The molecule has 4 rings (SSSR count). The van der Waals surface area contributed by atoms with Crippen LogP contribution in [0, 0.1) is 6.92 Å². The molecule has 1 amide bonds. The Bertz CT molecular complexity index is 1090. The van der Waals surface area contributed by atoms with Crippen LogP contribution in [0.2, 0.25) is 5.02 Å². The Hall–Kier alpha value is -2.69. The van der Waals surface area contributed by atoms with Gasteiger partial charge in [0, 0.05) is 5.56 Å². The summed E-state index contributed by atoms with van der Waals surface area (Å²) in [4.78, 5) is 19.7. The summed E-state index contributed by atoms with van der Waals surface area (Å²) in [5, 5.41) is 1.24. The van der Waals surface area contributed by atoms with Gasteiger partial charge in [0.15, 0.2) is 5.13 Å². The van der Waals surface area contributed by atoms with Crippen molar-refractivity contribution in [2.75, 3.05) is 4.90 Å². The minimum atomic E-state index is -0.0750. The van der Waals surface area contributed by atoms with Gasteiger partial charge in [-0.25, -0.2) is 4.98 Å². The summed E-state index contributed by atoms with van der Waals surface area (Å²) in [6.45, 7) is 2.45. The minimum Gasteiger partial charge on any atom is -0.279 e. The lowest BCUT2D eigenvalue weighted by Gasteiger charge is -2.20. The van der Waals surface area contributed by atoms with Gasteiger partial charge in [0.1, 0.15) is 5.52 Å². The Morgan fingerprint density at radius 3 is 2.44 bits per heavy atom. The van der Waals surface area contributed by atoms with Crippen LogP contribution in [0.5, 0.6) is 0 Å². The van der Waals surface area contributed by atoms with E-state index >= 15 is 0 Å². The molecule has 0 saturated heterocycles. The molecule has 0 aliphatic rings. The number of aryl methyl sites for hydroxylation is 1. The Labute approximate surface area is 166 Å². The van der Waals surface area contributed by atoms with Crippen molar-refractivity contribution in [2.24, 2.45) is 0 Å². The van der Waals surface area contributed by atoms with Gasteiger partial charge in [0.2, 0.25) is 0 Å². The molecule has 1 heterocycles. The molecule has 4 aromatic rings. The molecule has 0 unspecified atom stereocenters. The first-order chi connectivity index (χ1) is 13.1. The Balaban J connectivity index is 1.78. The Morgan fingerprint density at radius 1 is 1.00 bits per heavy atom. The van der Waals surface area contributed by atoms with Crippen LogP contribution < -0.4 is 4.90 Å². The summed E-state index contributed by atoms with van der Waals surface area (Å²) in [6.07, 6.45) is 0. The highest BCUT2D eigenvalue weighted by atomic mass is 35.5. The first kappa shape index (κ1) is 17.7. The third-order valence-corrected chi connectivity index (χ3v) is 5.67. The maximum atomic E-state index is 13.3. The summed E-state index contributed by atoms with van der Waals surface area (Å²) in [5.41, 5.74) is 3.53. The number of benzene rings is 3. The standard InChI is InChI=1S/C22H17ClN2OS/c1-15-10-12-17(13-11-15)21(26)25(14-16-6-3-2-4-7-16)22-24-20-18(23)8-5-9-19(20)27-22/h2-13H,14H2,1H3. The van der Waals surface area contributed by atoms with Crippen LogP contribution in [0.15, 0.2) is 72.8 Å². The molecule has 0 atom stereocenters. The Morgan fingerprint density at radius 2 is 1.74 bits per heavy atom. The zero-order valence-electron chi connectivity index (χ0n) is 14.7. The van der Waals surface area contributed by atoms with Gasteiger partial charge in [0.05, 0.1) is 16.3 Å². The van der Waals surface area contributed by atoms with Gasteiger partial charge in [-0.1, -0.05) is 77.0 Å². The molecule has 27 heavy (non-hydrogen) atoms. The summed E-state index contributed by atoms with van der Waals surface area (Å²) in [5.74, 6) is -0.0750. The van der Waals surface area contributed by atoms with Crippen LogP contribution >= 0.6 is 22.9 Å². The second-order valence-corrected chi connectivity index (χ2v) is 7.74. The number of fused-ring (bicyclic) bond motifs is 1. The lowest BCUT2D eigenvalue weighted by atomic mass is 10.1. The number of anilines is 1. The fourth-order valence-corrected chi connectivity index (χ4v) is 4.13. The van der Waals surface area contributed by atoms with E-state index in [0.717, 1.165) is 21.3 Å². The number of aromatic nitrogens is 1. The van der Waals surface area contributed by atoms with E-state index in [-0.39, 0.29) is 5.91 Å². The molecule has 0 bridgehead atoms. The summed E-state index contributed by atoms with van der Waals surface area (Å²) >= 11 is 7.76. The largest absolute Gasteiger partial charge is 0.279 e. The van der Waals surface area contributed by atoms with Crippen LogP contribution in [0.1, 0.15) is 21.5 Å². The van der Waals surface area contributed by atoms with Crippen molar-refractivity contribution in [3.63, 3.8) is 0 Å². The van der Waals surface area contributed by atoms with Crippen LogP contribution in [0.4, 0.5) is 5.13 Å². The van der Waals surface area contributed by atoms with Crippen molar-refractivity contribution in [3.8, 4) is 0 Å². The molecule has 0 radical (unpaired) electrons. The molecule has 0 N–H and O–H groups in total. The number of thiazole rings is 1. The monoisotopic (exact) mass is 392 g/mol. The number of para-hydroxylation sites is 1. The highest BCUT2D eigenvalue weighted by Gasteiger charge is 2.22. The third kappa shape index (κ3) is 3.72. The van der Waals surface area contributed by atoms with Crippen LogP contribution in [-0.2, 0) is 6.54 Å². The summed E-state index contributed by atoms with van der Waals surface area (Å²) in [7, 11) is 0. The third-order valence-electron chi connectivity index (χ3n) is 4.32. The maximum absolute atomic E-state index is 13.3. The van der Waals surface area contributed by atoms with E-state index in [1.54, 1.807) is 4.90 Å². The first-order valence-corrected chi connectivity index (χ1v) is 9.79.